The molecule has 1 aliphatic rings. The number of hydrogen-bond donors (Lipinski definition) is 0. The fourth-order valence-corrected chi connectivity index (χ4v) is 6.11. The predicted octanol–water partition coefficient (Wildman–Crippen LogP) is 3.60. The van der Waals surface area contributed by atoms with Crippen LogP contribution in [0.4, 0.5) is 5.69 Å². The first-order valence-electron chi connectivity index (χ1n) is 9.80. The van der Waals surface area contributed by atoms with E-state index in [0.717, 1.165) is 13.1 Å². The number of thioether (sulfide) groups is 1. The molecule has 5 heteroatoms. The van der Waals surface area contributed by atoms with E-state index in [1.165, 1.54) is 47.9 Å². The van der Waals surface area contributed by atoms with Gasteiger partial charge in [-0.3, -0.25) is 0 Å². The summed E-state index contributed by atoms with van der Waals surface area (Å²) < 4.78 is 3.78. The van der Waals surface area contributed by atoms with Crippen LogP contribution in [0.15, 0.2) is 63.8 Å². The number of aromatic nitrogens is 1. The van der Waals surface area contributed by atoms with Crippen molar-refractivity contribution in [2.45, 2.75) is 32.2 Å². The number of benzene rings is 2. The zero-order valence-corrected chi connectivity index (χ0v) is 20.6. The molecule has 5 rings (SSSR count). The maximum absolute atomic E-state index is 2.47. The zero-order valence-electron chi connectivity index (χ0n) is 16.8. The third-order valence-electron chi connectivity index (χ3n) is 5.44. The van der Waals surface area contributed by atoms with E-state index in [2.05, 4.69) is 90.2 Å². The van der Waals surface area contributed by atoms with Gasteiger partial charge >= 0.3 is 0 Å². The molecule has 0 fully saturated rings. The summed E-state index contributed by atoms with van der Waals surface area (Å²) in [6.07, 6.45) is 2.36. The normalized spacial score (nSPS) is 14.6. The molecule has 2 aromatic carbocycles. The quantitative estimate of drug-likeness (QED) is 0.295. The van der Waals surface area contributed by atoms with E-state index in [1.807, 2.05) is 23.1 Å². The monoisotopic (exact) mass is 530 g/mol. The average Bonchev–Trinajstić information content (AvgIpc) is 3.31. The molecule has 0 amide bonds. The highest BCUT2D eigenvalue weighted by molar-refractivity contribution is 8.04. The second-order valence-corrected chi connectivity index (χ2v) is 9.15. The summed E-state index contributed by atoms with van der Waals surface area (Å²) in [5.74, 6) is 0. The summed E-state index contributed by atoms with van der Waals surface area (Å²) in [6, 6.07) is 18.0. The van der Waals surface area contributed by atoms with Crippen molar-refractivity contribution in [2.24, 2.45) is 0 Å². The zero-order chi connectivity index (χ0) is 19.3. The van der Waals surface area contributed by atoms with Crippen LogP contribution in [0.2, 0.25) is 0 Å². The Kier molecular flexibility index (Phi) is 5.91. The highest BCUT2D eigenvalue weighted by Crippen LogP contribution is 2.50. The lowest BCUT2D eigenvalue weighted by molar-refractivity contribution is -0.669. The van der Waals surface area contributed by atoms with Crippen LogP contribution in [0.25, 0.3) is 27.1 Å². The van der Waals surface area contributed by atoms with E-state index in [0.29, 0.717) is 0 Å². The van der Waals surface area contributed by atoms with Crippen molar-refractivity contribution >= 4 is 55.9 Å². The number of pyridine rings is 1. The van der Waals surface area contributed by atoms with Crippen molar-refractivity contribution in [1.82, 2.24) is 0 Å². The fourth-order valence-electron chi connectivity index (χ4n) is 4.13. The molecule has 4 aromatic rings. The number of rotatable bonds is 3. The molecule has 0 bridgehead atoms. The van der Waals surface area contributed by atoms with Gasteiger partial charge in [-0.05, 0) is 56.5 Å². The van der Waals surface area contributed by atoms with E-state index in [4.69, 9.17) is 0 Å². The van der Waals surface area contributed by atoms with Gasteiger partial charge < -0.3 is 28.9 Å². The molecule has 3 heterocycles. The van der Waals surface area contributed by atoms with Crippen LogP contribution in [0.5, 0.6) is 0 Å². The maximum atomic E-state index is 2.47. The van der Waals surface area contributed by atoms with Crippen molar-refractivity contribution in [2.75, 3.05) is 11.4 Å². The number of fused-ring (bicyclic) bond motifs is 4. The molecule has 0 saturated heterocycles. The molecular formula is C24H23IN2S2. The fraction of sp³-hybridized carbons (Fsp3) is 0.208. The summed E-state index contributed by atoms with van der Waals surface area (Å²) >= 11 is 3.71. The van der Waals surface area contributed by atoms with Gasteiger partial charge in [0, 0.05) is 45.1 Å². The Morgan fingerprint density at radius 1 is 1.03 bits per heavy atom. The summed E-state index contributed by atoms with van der Waals surface area (Å²) in [5, 5.41) is 6.18. The Hall–Kier alpha value is -1.57. The Morgan fingerprint density at radius 3 is 2.69 bits per heavy atom. The molecule has 0 atom stereocenters. The van der Waals surface area contributed by atoms with Gasteiger partial charge in [-0.25, -0.2) is 0 Å². The highest BCUT2D eigenvalue weighted by Gasteiger charge is 2.27. The Balaban J connectivity index is 0.00000205. The van der Waals surface area contributed by atoms with Gasteiger partial charge in [0.2, 0.25) is 11.2 Å². The van der Waals surface area contributed by atoms with E-state index in [1.54, 1.807) is 0 Å². The topological polar surface area (TPSA) is 7.12 Å². The standard InChI is InChI=1S/C24H23N2S2.HI/c1-4-25-18(8-7-17-14-16(3)6-9-20(17)25)15-23-26(5-2)24-19-12-13-27-21(19)10-11-22(24)28-23;/h6-15H,4-5H2,1-3H3;1H/q+1;/p-1. The van der Waals surface area contributed by atoms with Crippen LogP contribution in [0.1, 0.15) is 25.1 Å². The molecule has 0 unspecified atom stereocenters. The summed E-state index contributed by atoms with van der Waals surface area (Å²) in [5.41, 5.74) is 5.23. The van der Waals surface area contributed by atoms with Crippen LogP contribution in [-0.4, -0.2) is 6.54 Å². The van der Waals surface area contributed by atoms with Crippen LogP contribution >= 0.6 is 23.1 Å². The molecule has 0 spiro atoms. The average molecular weight is 530 g/mol. The molecule has 0 aliphatic carbocycles. The lowest BCUT2D eigenvalue weighted by Crippen LogP contribution is -3.00. The van der Waals surface area contributed by atoms with Gasteiger partial charge in [0.05, 0.1) is 10.7 Å². The molecule has 2 aromatic heterocycles. The molecule has 2 nitrogen and oxygen atoms in total. The smallest absolute Gasteiger partial charge is 0.212 e. The summed E-state index contributed by atoms with van der Waals surface area (Å²) in [4.78, 5) is 3.83. The maximum Gasteiger partial charge on any atom is 0.212 e. The largest absolute Gasteiger partial charge is 1.00 e. The van der Waals surface area contributed by atoms with E-state index in [-0.39, 0.29) is 24.0 Å². The van der Waals surface area contributed by atoms with Crippen LogP contribution in [-0.2, 0) is 6.54 Å². The van der Waals surface area contributed by atoms with Gasteiger partial charge in [0.1, 0.15) is 6.54 Å². The van der Waals surface area contributed by atoms with Gasteiger partial charge in [-0.2, -0.15) is 4.57 Å². The predicted molar refractivity (Wildman–Crippen MR) is 123 cm³/mol. The third kappa shape index (κ3) is 3.47. The number of hydrogen-bond acceptors (Lipinski definition) is 3. The van der Waals surface area contributed by atoms with Gasteiger partial charge in [-0.15, -0.1) is 11.3 Å². The molecule has 1 aliphatic heterocycles. The van der Waals surface area contributed by atoms with E-state index in [9.17, 15) is 0 Å². The number of thiophene rings is 1. The summed E-state index contributed by atoms with van der Waals surface area (Å²) in [6.45, 7) is 8.55. The number of nitrogens with zero attached hydrogens (tertiary/aromatic N) is 2. The molecule has 29 heavy (non-hydrogen) atoms. The number of anilines is 1. The van der Waals surface area contributed by atoms with Gasteiger partial charge in [-0.1, -0.05) is 23.4 Å². The van der Waals surface area contributed by atoms with Gasteiger partial charge in [0.15, 0.2) is 0 Å². The Bertz CT molecular complexity index is 1240. The molecule has 0 saturated carbocycles. The van der Waals surface area contributed by atoms with Crippen LogP contribution in [0, 0.1) is 6.92 Å². The second kappa shape index (κ2) is 8.28. The first kappa shape index (κ1) is 20.7. The number of halogens is 1. The molecule has 148 valence electrons. The Morgan fingerprint density at radius 2 is 1.90 bits per heavy atom. The minimum atomic E-state index is 0. The van der Waals surface area contributed by atoms with Gasteiger partial charge in [0.25, 0.3) is 0 Å². The first-order valence-corrected chi connectivity index (χ1v) is 11.5. The van der Waals surface area contributed by atoms with Crippen molar-refractivity contribution in [3.63, 3.8) is 0 Å². The molecule has 0 radical (unpaired) electrons. The SMILES string of the molecule is CCN1/C(=C/c2ccc3cc(C)ccc3[n+]2CC)Sc2ccc3sccc3c21.[I-]. The van der Waals surface area contributed by atoms with Crippen molar-refractivity contribution < 1.29 is 28.5 Å². The highest BCUT2D eigenvalue weighted by atomic mass is 127. The van der Waals surface area contributed by atoms with Crippen molar-refractivity contribution in [3.05, 3.63) is 70.2 Å². The lowest BCUT2D eigenvalue weighted by Gasteiger charge is -2.18. The minimum absolute atomic E-state index is 0. The van der Waals surface area contributed by atoms with Crippen LogP contribution < -0.4 is 33.4 Å². The third-order valence-corrected chi connectivity index (χ3v) is 7.42. The van der Waals surface area contributed by atoms with Crippen LogP contribution in [0.3, 0.4) is 0 Å². The lowest BCUT2D eigenvalue weighted by atomic mass is 10.1. The summed E-state index contributed by atoms with van der Waals surface area (Å²) in [7, 11) is 0. The van der Waals surface area contributed by atoms with E-state index < -0.39 is 0 Å². The molecular weight excluding hydrogens is 507 g/mol. The van der Waals surface area contributed by atoms with Crippen molar-refractivity contribution in [1.29, 1.82) is 0 Å². The molecule has 0 N–H and O–H groups in total. The minimum Gasteiger partial charge on any atom is -1.00 e. The van der Waals surface area contributed by atoms with Crippen molar-refractivity contribution in [3.8, 4) is 0 Å². The first-order chi connectivity index (χ1) is 13.7. The Labute approximate surface area is 197 Å². The second-order valence-electron chi connectivity index (χ2n) is 7.14. The van der Waals surface area contributed by atoms with E-state index >= 15 is 0 Å². The number of aryl methyl sites for hydroxylation is 2.